The monoisotopic (exact) mass is 255 g/mol. The topological polar surface area (TPSA) is 21.3 Å². The molecule has 0 aromatic heterocycles. The van der Waals surface area contributed by atoms with Gasteiger partial charge in [-0.1, -0.05) is 35.0 Å². The van der Waals surface area contributed by atoms with Crippen molar-refractivity contribution in [3.63, 3.8) is 0 Å². The third kappa shape index (κ3) is 2.16. The Morgan fingerprint density at radius 3 is 3.07 bits per heavy atom. The minimum Gasteiger partial charge on any atom is -0.357 e. The Kier molecular flexibility index (Phi) is 3.21. The summed E-state index contributed by atoms with van der Waals surface area (Å²) in [7, 11) is 0. The first-order chi connectivity index (χ1) is 6.79. The van der Waals surface area contributed by atoms with Gasteiger partial charge in [-0.2, -0.15) is 0 Å². The Morgan fingerprint density at radius 1 is 1.57 bits per heavy atom. The second-order valence-electron chi connectivity index (χ2n) is 3.54. The molecule has 76 valence electrons. The largest absolute Gasteiger partial charge is 0.357 e. The van der Waals surface area contributed by atoms with Gasteiger partial charge in [-0.05, 0) is 24.1 Å². The Hall–Kier alpha value is -0.380. The van der Waals surface area contributed by atoms with Crippen LogP contribution in [0.1, 0.15) is 25.1 Å². The highest BCUT2D eigenvalue weighted by Gasteiger charge is 2.23. The molecule has 2 rings (SSSR count). The van der Waals surface area contributed by atoms with Gasteiger partial charge >= 0.3 is 0 Å². The van der Waals surface area contributed by atoms with Crippen molar-refractivity contribution in [1.29, 1.82) is 0 Å². The second-order valence-corrected chi connectivity index (χ2v) is 4.46. The molecule has 1 aliphatic heterocycles. The van der Waals surface area contributed by atoms with E-state index in [1.807, 2.05) is 12.1 Å². The molecule has 0 amide bonds. The molecule has 0 saturated carbocycles. The minimum absolute atomic E-state index is 0.0671. The summed E-state index contributed by atoms with van der Waals surface area (Å²) in [5, 5.41) is 3.44. The summed E-state index contributed by atoms with van der Waals surface area (Å²) < 4.78 is 6.76. The molecule has 1 aliphatic rings. The highest BCUT2D eigenvalue weighted by Crippen LogP contribution is 2.23. The van der Waals surface area contributed by atoms with Crippen molar-refractivity contribution < 1.29 is 4.74 Å². The first kappa shape index (κ1) is 10.1. The summed E-state index contributed by atoms with van der Waals surface area (Å²) in [6.07, 6.45) is 1.18. The summed E-state index contributed by atoms with van der Waals surface area (Å²) in [4.78, 5) is 0. The Balaban J connectivity index is 2.09. The molecular weight excluding hydrogens is 242 g/mol. The number of hydrogen-bond donors (Lipinski definition) is 1. The predicted octanol–water partition coefficient (Wildman–Crippen LogP) is 2.85. The van der Waals surface area contributed by atoms with Crippen LogP contribution < -0.4 is 5.32 Å². The van der Waals surface area contributed by atoms with Crippen LogP contribution >= 0.6 is 15.9 Å². The van der Waals surface area contributed by atoms with Crippen LogP contribution in [0, 0.1) is 0 Å². The number of benzene rings is 1. The van der Waals surface area contributed by atoms with Crippen LogP contribution in [-0.4, -0.2) is 12.6 Å². The summed E-state index contributed by atoms with van der Waals surface area (Å²) in [6.45, 7) is 2.98. The van der Waals surface area contributed by atoms with Crippen LogP contribution in [0.2, 0.25) is 0 Å². The van der Waals surface area contributed by atoms with Crippen molar-refractivity contribution in [2.45, 2.75) is 25.6 Å². The van der Waals surface area contributed by atoms with Crippen LogP contribution in [0.3, 0.4) is 0 Å². The SMILES string of the molecule is CC[C@H]1CO[C@@H](c2cccc(Br)c2)N1. The molecule has 1 saturated heterocycles. The fourth-order valence-electron chi connectivity index (χ4n) is 1.62. The van der Waals surface area contributed by atoms with Crippen molar-refractivity contribution in [2.24, 2.45) is 0 Å². The summed E-state index contributed by atoms with van der Waals surface area (Å²) >= 11 is 3.46. The lowest BCUT2D eigenvalue weighted by Gasteiger charge is -2.11. The van der Waals surface area contributed by atoms with E-state index in [1.165, 1.54) is 5.56 Å². The van der Waals surface area contributed by atoms with E-state index in [4.69, 9.17) is 4.74 Å². The third-order valence-electron chi connectivity index (χ3n) is 2.50. The van der Waals surface area contributed by atoms with Gasteiger partial charge in [0.15, 0.2) is 0 Å². The maximum atomic E-state index is 5.67. The van der Waals surface area contributed by atoms with E-state index in [1.54, 1.807) is 0 Å². The van der Waals surface area contributed by atoms with E-state index in [2.05, 4.69) is 40.3 Å². The van der Waals surface area contributed by atoms with Gasteiger partial charge in [0.25, 0.3) is 0 Å². The van der Waals surface area contributed by atoms with Crippen LogP contribution in [-0.2, 0) is 4.74 Å². The molecule has 2 atom stereocenters. The zero-order valence-corrected chi connectivity index (χ0v) is 9.75. The van der Waals surface area contributed by atoms with Crippen LogP contribution in [0.4, 0.5) is 0 Å². The fraction of sp³-hybridized carbons (Fsp3) is 0.455. The molecule has 1 aromatic rings. The lowest BCUT2D eigenvalue weighted by molar-refractivity contribution is 0.101. The lowest BCUT2D eigenvalue weighted by Crippen LogP contribution is -2.24. The molecule has 14 heavy (non-hydrogen) atoms. The number of ether oxygens (including phenoxy) is 1. The molecule has 1 N–H and O–H groups in total. The Bertz CT molecular complexity index is 316. The normalized spacial score (nSPS) is 26.7. The standard InChI is InChI=1S/C11H14BrNO/c1-2-10-7-14-11(13-10)8-4-3-5-9(12)6-8/h3-6,10-11,13H,2,7H2,1H3/t10-,11-/m0/s1. The van der Waals surface area contributed by atoms with Crippen LogP contribution in [0.25, 0.3) is 0 Å². The number of hydrogen-bond acceptors (Lipinski definition) is 2. The van der Waals surface area contributed by atoms with Gasteiger partial charge in [0, 0.05) is 10.5 Å². The molecule has 0 unspecified atom stereocenters. The zero-order chi connectivity index (χ0) is 9.97. The Labute approximate surface area is 92.8 Å². The molecule has 0 spiro atoms. The van der Waals surface area contributed by atoms with Crippen LogP contribution in [0.5, 0.6) is 0 Å². The van der Waals surface area contributed by atoms with Gasteiger partial charge in [-0.25, -0.2) is 0 Å². The van der Waals surface area contributed by atoms with E-state index in [0.29, 0.717) is 6.04 Å². The van der Waals surface area contributed by atoms with Crippen molar-refractivity contribution in [3.8, 4) is 0 Å². The smallest absolute Gasteiger partial charge is 0.134 e. The molecule has 3 heteroatoms. The fourth-order valence-corrected chi connectivity index (χ4v) is 2.04. The van der Waals surface area contributed by atoms with Gasteiger partial charge < -0.3 is 4.74 Å². The highest BCUT2D eigenvalue weighted by atomic mass is 79.9. The average molecular weight is 256 g/mol. The lowest BCUT2D eigenvalue weighted by atomic mass is 10.2. The number of halogens is 1. The van der Waals surface area contributed by atoms with Gasteiger partial charge in [0.2, 0.25) is 0 Å². The highest BCUT2D eigenvalue weighted by molar-refractivity contribution is 9.10. The van der Waals surface area contributed by atoms with Crippen LogP contribution in [0.15, 0.2) is 28.7 Å². The summed E-state index contributed by atoms with van der Waals surface area (Å²) in [5.41, 5.74) is 1.19. The first-order valence-electron chi connectivity index (χ1n) is 4.92. The predicted molar refractivity (Wildman–Crippen MR) is 60.0 cm³/mol. The summed E-state index contributed by atoms with van der Waals surface area (Å²) in [6, 6.07) is 8.73. The molecule has 0 bridgehead atoms. The van der Waals surface area contributed by atoms with Gasteiger partial charge in [0.1, 0.15) is 6.23 Å². The average Bonchev–Trinajstić information content (AvgIpc) is 2.66. The van der Waals surface area contributed by atoms with E-state index in [-0.39, 0.29) is 6.23 Å². The first-order valence-corrected chi connectivity index (χ1v) is 5.72. The molecule has 1 fully saturated rings. The van der Waals surface area contributed by atoms with Crippen molar-refractivity contribution in [1.82, 2.24) is 5.32 Å². The quantitative estimate of drug-likeness (QED) is 0.878. The number of rotatable bonds is 2. The molecule has 0 aliphatic carbocycles. The summed E-state index contributed by atoms with van der Waals surface area (Å²) in [5.74, 6) is 0. The van der Waals surface area contributed by atoms with Crippen molar-refractivity contribution >= 4 is 15.9 Å². The Morgan fingerprint density at radius 2 is 2.43 bits per heavy atom. The maximum absolute atomic E-state index is 5.67. The van der Waals surface area contributed by atoms with E-state index in [0.717, 1.165) is 17.5 Å². The van der Waals surface area contributed by atoms with Gasteiger partial charge in [-0.3, -0.25) is 5.32 Å². The van der Waals surface area contributed by atoms with Crippen molar-refractivity contribution in [3.05, 3.63) is 34.3 Å². The van der Waals surface area contributed by atoms with E-state index >= 15 is 0 Å². The molecule has 0 radical (unpaired) electrons. The minimum atomic E-state index is 0.0671. The van der Waals surface area contributed by atoms with E-state index in [9.17, 15) is 0 Å². The van der Waals surface area contributed by atoms with Gasteiger partial charge in [-0.15, -0.1) is 0 Å². The zero-order valence-electron chi connectivity index (χ0n) is 8.16. The molecule has 2 nitrogen and oxygen atoms in total. The third-order valence-corrected chi connectivity index (χ3v) is 2.99. The molecule has 1 aromatic carbocycles. The second kappa shape index (κ2) is 4.43. The number of nitrogens with one attached hydrogen (secondary N) is 1. The molecule has 1 heterocycles. The van der Waals surface area contributed by atoms with Gasteiger partial charge in [0.05, 0.1) is 6.61 Å². The molecular formula is C11H14BrNO. The van der Waals surface area contributed by atoms with E-state index < -0.39 is 0 Å². The maximum Gasteiger partial charge on any atom is 0.134 e. The van der Waals surface area contributed by atoms with Crippen molar-refractivity contribution in [2.75, 3.05) is 6.61 Å².